The van der Waals surface area contributed by atoms with Crippen molar-refractivity contribution in [3.63, 3.8) is 0 Å². The van der Waals surface area contributed by atoms with Crippen LogP contribution in [0.25, 0.3) is 0 Å². The summed E-state index contributed by atoms with van der Waals surface area (Å²) < 4.78 is 0. The van der Waals surface area contributed by atoms with Gasteiger partial charge in [-0.25, -0.2) is 0 Å². The molecule has 0 atom stereocenters. The van der Waals surface area contributed by atoms with Crippen molar-refractivity contribution >= 4 is 29.0 Å². The summed E-state index contributed by atoms with van der Waals surface area (Å²) in [5.74, 6) is 0.817. The Morgan fingerprint density at radius 2 is 1.75 bits per heavy atom. The van der Waals surface area contributed by atoms with E-state index in [0.717, 1.165) is 11.4 Å². The first-order valence-electron chi connectivity index (χ1n) is 7.44. The van der Waals surface area contributed by atoms with Crippen LogP contribution in [0.2, 0.25) is 0 Å². The van der Waals surface area contributed by atoms with Crippen molar-refractivity contribution in [1.82, 2.24) is 5.32 Å². The predicted molar refractivity (Wildman–Crippen MR) is 97.6 cm³/mol. The average Bonchev–Trinajstić information content (AvgIpc) is 2.60. The number of non-ortho nitro benzene ring substituents is 1. The van der Waals surface area contributed by atoms with Gasteiger partial charge in [-0.15, -0.1) is 0 Å². The number of benzene rings is 2. The Hall–Kier alpha value is -2.54. The van der Waals surface area contributed by atoms with E-state index in [2.05, 4.69) is 10.6 Å². The smallest absolute Gasteiger partial charge is 0.269 e. The molecule has 0 aliphatic rings. The molecule has 2 aromatic carbocycles. The number of rotatable bonds is 8. The Bertz CT molecular complexity index is 687. The number of thioether (sulfide) groups is 1. The zero-order valence-corrected chi connectivity index (χ0v) is 14.1. The van der Waals surface area contributed by atoms with Crippen LogP contribution in [0.3, 0.4) is 0 Å². The third-order valence-electron chi connectivity index (χ3n) is 3.34. The van der Waals surface area contributed by atoms with Crippen LogP contribution in [0.4, 0.5) is 11.4 Å². The highest BCUT2D eigenvalue weighted by Crippen LogP contribution is 2.15. The van der Waals surface area contributed by atoms with Gasteiger partial charge in [0.2, 0.25) is 0 Å². The van der Waals surface area contributed by atoms with E-state index in [9.17, 15) is 14.9 Å². The molecule has 0 radical (unpaired) electrons. The van der Waals surface area contributed by atoms with E-state index in [1.165, 1.54) is 17.7 Å². The van der Waals surface area contributed by atoms with Crippen molar-refractivity contribution in [2.24, 2.45) is 0 Å². The van der Waals surface area contributed by atoms with E-state index in [0.29, 0.717) is 18.7 Å². The van der Waals surface area contributed by atoms with Crippen molar-refractivity contribution in [2.45, 2.75) is 5.75 Å². The lowest BCUT2D eigenvalue weighted by molar-refractivity contribution is -0.384. The van der Waals surface area contributed by atoms with Gasteiger partial charge >= 0.3 is 0 Å². The van der Waals surface area contributed by atoms with Crippen LogP contribution < -0.4 is 10.6 Å². The number of carbonyl (C=O) groups excluding carboxylic acids is 1. The van der Waals surface area contributed by atoms with Gasteiger partial charge in [-0.1, -0.05) is 12.1 Å². The first-order chi connectivity index (χ1) is 11.6. The number of nitro groups is 1. The maximum absolute atomic E-state index is 12.0. The standard InChI is InChI=1S/C17H19N3O3S/c1-24-12-13-2-4-14(5-3-13)17(21)19-11-10-18-15-6-8-16(9-7-15)20(22)23/h2-9,18H,10-12H2,1H3,(H,19,21). The quantitative estimate of drug-likeness (QED) is 0.436. The summed E-state index contributed by atoms with van der Waals surface area (Å²) in [5.41, 5.74) is 2.66. The molecule has 0 aliphatic carbocycles. The summed E-state index contributed by atoms with van der Waals surface area (Å²) in [4.78, 5) is 22.2. The highest BCUT2D eigenvalue weighted by molar-refractivity contribution is 7.97. The van der Waals surface area contributed by atoms with Crippen molar-refractivity contribution in [3.8, 4) is 0 Å². The van der Waals surface area contributed by atoms with E-state index in [4.69, 9.17) is 0 Å². The van der Waals surface area contributed by atoms with Gasteiger partial charge in [0.25, 0.3) is 11.6 Å². The molecular weight excluding hydrogens is 326 g/mol. The Kier molecular flexibility index (Phi) is 6.62. The molecule has 0 aromatic heterocycles. The molecular formula is C17H19N3O3S. The van der Waals surface area contributed by atoms with E-state index < -0.39 is 4.92 Å². The van der Waals surface area contributed by atoms with E-state index in [1.807, 2.05) is 30.5 Å². The summed E-state index contributed by atoms with van der Waals surface area (Å²) in [6, 6.07) is 13.7. The highest BCUT2D eigenvalue weighted by Gasteiger charge is 2.05. The minimum atomic E-state index is -0.436. The van der Waals surface area contributed by atoms with E-state index >= 15 is 0 Å². The third kappa shape index (κ3) is 5.27. The van der Waals surface area contributed by atoms with Crippen LogP contribution in [-0.4, -0.2) is 30.2 Å². The van der Waals surface area contributed by atoms with Crippen LogP contribution in [0, 0.1) is 10.1 Å². The minimum absolute atomic E-state index is 0.0544. The van der Waals surface area contributed by atoms with Gasteiger partial charge in [-0.3, -0.25) is 14.9 Å². The fourth-order valence-corrected chi connectivity index (χ4v) is 2.63. The first kappa shape index (κ1) is 17.8. The van der Waals surface area contributed by atoms with Gasteiger partial charge in [0, 0.05) is 42.2 Å². The monoisotopic (exact) mass is 345 g/mol. The zero-order chi connectivity index (χ0) is 17.4. The fraction of sp³-hybridized carbons (Fsp3) is 0.235. The molecule has 0 unspecified atom stereocenters. The van der Waals surface area contributed by atoms with Gasteiger partial charge in [0.1, 0.15) is 0 Å². The lowest BCUT2D eigenvalue weighted by Crippen LogP contribution is -2.28. The largest absolute Gasteiger partial charge is 0.383 e. The SMILES string of the molecule is CSCc1ccc(C(=O)NCCNc2ccc([N+](=O)[O-])cc2)cc1. The van der Waals surface area contributed by atoms with Gasteiger partial charge in [-0.05, 0) is 36.1 Å². The van der Waals surface area contributed by atoms with Crippen LogP contribution in [0.15, 0.2) is 48.5 Å². The summed E-state index contributed by atoms with van der Waals surface area (Å²) >= 11 is 1.74. The van der Waals surface area contributed by atoms with Gasteiger partial charge in [0.05, 0.1) is 4.92 Å². The van der Waals surface area contributed by atoms with Crippen molar-refractivity contribution in [2.75, 3.05) is 24.7 Å². The molecule has 1 amide bonds. The molecule has 0 saturated heterocycles. The maximum atomic E-state index is 12.0. The van der Waals surface area contributed by atoms with E-state index in [1.54, 1.807) is 23.9 Å². The zero-order valence-electron chi connectivity index (χ0n) is 13.3. The number of hydrogen-bond donors (Lipinski definition) is 2. The maximum Gasteiger partial charge on any atom is 0.269 e. The predicted octanol–water partition coefficient (Wildman–Crippen LogP) is 3.30. The number of nitro benzene ring substituents is 1. The van der Waals surface area contributed by atoms with Crippen LogP contribution in [0.5, 0.6) is 0 Å². The molecule has 0 aliphatic heterocycles. The molecule has 2 N–H and O–H groups in total. The molecule has 0 heterocycles. The number of hydrogen-bond acceptors (Lipinski definition) is 5. The van der Waals surface area contributed by atoms with Crippen LogP contribution in [0.1, 0.15) is 15.9 Å². The molecule has 126 valence electrons. The second kappa shape index (κ2) is 8.93. The second-order valence-corrected chi connectivity index (χ2v) is 5.98. The molecule has 0 fully saturated rings. The van der Waals surface area contributed by atoms with Gasteiger partial charge in [0.15, 0.2) is 0 Å². The van der Waals surface area contributed by atoms with Gasteiger partial charge in [-0.2, -0.15) is 11.8 Å². The molecule has 7 heteroatoms. The third-order valence-corrected chi connectivity index (χ3v) is 3.97. The molecule has 0 bridgehead atoms. The summed E-state index contributed by atoms with van der Waals surface area (Å²) in [6.07, 6.45) is 2.04. The summed E-state index contributed by atoms with van der Waals surface area (Å²) in [5, 5.41) is 16.5. The Balaban J connectivity index is 1.75. The number of nitrogens with one attached hydrogen (secondary N) is 2. The fourth-order valence-electron chi connectivity index (χ4n) is 2.10. The van der Waals surface area contributed by atoms with Crippen molar-refractivity contribution in [1.29, 1.82) is 0 Å². The molecule has 2 rings (SSSR count). The van der Waals surface area contributed by atoms with Crippen molar-refractivity contribution < 1.29 is 9.72 Å². The molecule has 6 nitrogen and oxygen atoms in total. The Morgan fingerprint density at radius 1 is 1.08 bits per heavy atom. The number of anilines is 1. The molecule has 24 heavy (non-hydrogen) atoms. The summed E-state index contributed by atoms with van der Waals surface area (Å²) in [6.45, 7) is 0.997. The number of amides is 1. The number of carbonyl (C=O) groups is 1. The minimum Gasteiger partial charge on any atom is -0.383 e. The Morgan fingerprint density at radius 3 is 2.33 bits per heavy atom. The lowest BCUT2D eigenvalue weighted by Gasteiger charge is -2.08. The topological polar surface area (TPSA) is 84.3 Å². The van der Waals surface area contributed by atoms with E-state index in [-0.39, 0.29) is 11.6 Å². The molecule has 0 spiro atoms. The average molecular weight is 345 g/mol. The lowest BCUT2D eigenvalue weighted by atomic mass is 10.1. The normalized spacial score (nSPS) is 10.2. The highest BCUT2D eigenvalue weighted by atomic mass is 32.2. The van der Waals surface area contributed by atoms with Crippen LogP contribution >= 0.6 is 11.8 Å². The van der Waals surface area contributed by atoms with Crippen molar-refractivity contribution in [3.05, 3.63) is 69.8 Å². The summed E-state index contributed by atoms with van der Waals surface area (Å²) in [7, 11) is 0. The second-order valence-electron chi connectivity index (χ2n) is 5.12. The molecule has 0 saturated carbocycles. The van der Waals surface area contributed by atoms with Crippen LogP contribution in [-0.2, 0) is 5.75 Å². The number of nitrogens with zero attached hydrogens (tertiary/aromatic N) is 1. The first-order valence-corrected chi connectivity index (χ1v) is 8.84. The molecule has 2 aromatic rings. The Labute approximate surface area is 144 Å². The van der Waals surface area contributed by atoms with Gasteiger partial charge < -0.3 is 10.6 Å².